The van der Waals surface area contributed by atoms with Crippen LogP contribution in [0.4, 0.5) is 13.2 Å². The quantitative estimate of drug-likeness (QED) is 0.754. The van der Waals surface area contributed by atoms with Crippen molar-refractivity contribution in [2.24, 2.45) is 0 Å². The second-order valence-electron chi connectivity index (χ2n) is 4.19. The summed E-state index contributed by atoms with van der Waals surface area (Å²) in [5.74, 6) is -0.0680. The molecule has 1 rings (SSSR count). The van der Waals surface area contributed by atoms with E-state index in [0.29, 0.717) is 18.7 Å². The number of alkyl halides is 3. The molecule has 0 unspecified atom stereocenters. The van der Waals surface area contributed by atoms with Gasteiger partial charge in [0.25, 0.3) is 0 Å². The van der Waals surface area contributed by atoms with Crippen LogP contribution in [0.5, 0.6) is 0 Å². The van der Waals surface area contributed by atoms with Crippen molar-refractivity contribution in [1.82, 2.24) is 10.0 Å². The molecule has 114 valence electrons. The zero-order valence-corrected chi connectivity index (χ0v) is 11.8. The molecule has 20 heavy (non-hydrogen) atoms. The predicted octanol–water partition coefficient (Wildman–Crippen LogP) is 1.73. The van der Waals surface area contributed by atoms with Crippen molar-refractivity contribution >= 4 is 10.0 Å². The van der Waals surface area contributed by atoms with E-state index in [1.54, 1.807) is 0 Å². The van der Waals surface area contributed by atoms with Crippen molar-refractivity contribution in [1.29, 1.82) is 0 Å². The largest absolute Gasteiger partial charge is 0.416 e. The van der Waals surface area contributed by atoms with Gasteiger partial charge in [-0.1, -0.05) is 19.1 Å². The van der Waals surface area contributed by atoms with E-state index in [-0.39, 0.29) is 12.3 Å². The molecule has 0 saturated heterocycles. The molecular formula is C12H17F3N2O2S. The molecular weight excluding hydrogens is 293 g/mol. The molecule has 0 aliphatic heterocycles. The summed E-state index contributed by atoms with van der Waals surface area (Å²) < 4.78 is 62.5. The van der Waals surface area contributed by atoms with Crippen molar-refractivity contribution in [3.63, 3.8) is 0 Å². The number of rotatable bonds is 7. The summed E-state index contributed by atoms with van der Waals surface area (Å²) in [5.41, 5.74) is -0.277. The summed E-state index contributed by atoms with van der Waals surface area (Å²) >= 11 is 0. The van der Waals surface area contributed by atoms with Gasteiger partial charge in [-0.25, -0.2) is 13.1 Å². The number of nitrogens with one attached hydrogen (secondary N) is 2. The Bertz CT molecular complexity index is 512. The lowest BCUT2D eigenvalue weighted by Gasteiger charge is -2.09. The van der Waals surface area contributed by atoms with Crippen molar-refractivity contribution in [3.05, 3.63) is 35.4 Å². The minimum absolute atomic E-state index is 0.0212. The number of hydrogen-bond donors (Lipinski definition) is 2. The molecule has 0 radical (unpaired) electrons. The maximum Gasteiger partial charge on any atom is 0.416 e. The molecule has 0 heterocycles. The molecule has 0 saturated carbocycles. The van der Waals surface area contributed by atoms with Crippen LogP contribution in [0, 0.1) is 0 Å². The summed E-state index contributed by atoms with van der Waals surface area (Å²) in [4.78, 5) is 0. The third kappa shape index (κ3) is 5.89. The Morgan fingerprint density at radius 3 is 2.25 bits per heavy atom. The molecule has 1 aromatic rings. The van der Waals surface area contributed by atoms with Crippen molar-refractivity contribution in [3.8, 4) is 0 Å². The third-order valence-electron chi connectivity index (χ3n) is 2.58. The summed E-state index contributed by atoms with van der Waals surface area (Å²) in [6.45, 7) is 2.85. The van der Waals surface area contributed by atoms with Crippen molar-refractivity contribution in [2.75, 3.05) is 18.8 Å². The second kappa shape index (κ2) is 7.05. The average molecular weight is 310 g/mol. The lowest BCUT2D eigenvalue weighted by atomic mass is 10.1. The fourth-order valence-electron chi connectivity index (χ4n) is 1.46. The molecule has 0 aromatic heterocycles. The van der Waals surface area contributed by atoms with Gasteiger partial charge in [0.2, 0.25) is 10.0 Å². The molecule has 1 aromatic carbocycles. The Balaban J connectivity index is 2.53. The van der Waals surface area contributed by atoms with Crippen LogP contribution in [0.15, 0.2) is 24.3 Å². The second-order valence-corrected chi connectivity index (χ2v) is 6.11. The molecule has 0 amide bonds. The first kappa shape index (κ1) is 16.9. The van der Waals surface area contributed by atoms with Gasteiger partial charge in [0.1, 0.15) is 0 Å². The molecule has 0 fully saturated rings. The van der Waals surface area contributed by atoms with Gasteiger partial charge in [-0.05, 0) is 24.2 Å². The van der Waals surface area contributed by atoms with E-state index in [1.807, 2.05) is 6.92 Å². The minimum Gasteiger partial charge on any atom is -0.316 e. The highest BCUT2D eigenvalue weighted by Crippen LogP contribution is 2.29. The molecule has 0 aliphatic carbocycles. The zero-order chi connectivity index (χ0) is 15.2. The molecule has 8 heteroatoms. The topological polar surface area (TPSA) is 58.2 Å². The summed E-state index contributed by atoms with van der Waals surface area (Å²) in [6, 6.07) is 4.38. The van der Waals surface area contributed by atoms with Gasteiger partial charge in [0.15, 0.2) is 0 Å². The first-order valence-electron chi connectivity index (χ1n) is 6.09. The van der Waals surface area contributed by atoms with E-state index < -0.39 is 21.8 Å². The SMILES string of the molecule is CCNCCS(=O)(=O)NCc1ccc(C(F)(F)F)cc1. The Kier molecular flexibility index (Phi) is 5.97. The normalized spacial score (nSPS) is 12.6. The number of halogens is 3. The van der Waals surface area contributed by atoms with Crippen LogP contribution >= 0.6 is 0 Å². The van der Waals surface area contributed by atoms with Gasteiger partial charge in [-0.2, -0.15) is 13.2 Å². The average Bonchev–Trinajstić information content (AvgIpc) is 2.36. The number of hydrogen-bond acceptors (Lipinski definition) is 3. The molecule has 0 spiro atoms. The van der Waals surface area contributed by atoms with E-state index in [2.05, 4.69) is 10.0 Å². The standard InChI is InChI=1S/C12H17F3N2O2S/c1-2-16-7-8-20(18,19)17-9-10-3-5-11(6-4-10)12(13,14)15/h3-6,16-17H,2,7-9H2,1H3. The van der Waals surface area contributed by atoms with Crippen LogP contribution < -0.4 is 10.0 Å². The Morgan fingerprint density at radius 2 is 1.75 bits per heavy atom. The van der Waals surface area contributed by atoms with E-state index >= 15 is 0 Å². The first-order chi connectivity index (χ1) is 9.24. The monoisotopic (exact) mass is 310 g/mol. The number of sulfonamides is 1. The molecule has 0 atom stereocenters. The highest BCUT2D eigenvalue weighted by atomic mass is 32.2. The van der Waals surface area contributed by atoms with E-state index in [0.717, 1.165) is 12.1 Å². The van der Waals surface area contributed by atoms with Crippen LogP contribution in [0.1, 0.15) is 18.1 Å². The van der Waals surface area contributed by atoms with E-state index in [1.165, 1.54) is 12.1 Å². The van der Waals surface area contributed by atoms with Crippen LogP contribution in [0.25, 0.3) is 0 Å². The van der Waals surface area contributed by atoms with Crippen LogP contribution in [-0.4, -0.2) is 27.3 Å². The lowest BCUT2D eigenvalue weighted by molar-refractivity contribution is -0.137. The van der Waals surface area contributed by atoms with E-state index in [4.69, 9.17) is 0 Å². The van der Waals surface area contributed by atoms with Gasteiger partial charge < -0.3 is 5.32 Å². The fourth-order valence-corrected chi connectivity index (χ4v) is 2.40. The highest BCUT2D eigenvalue weighted by molar-refractivity contribution is 7.89. The highest BCUT2D eigenvalue weighted by Gasteiger charge is 2.29. The van der Waals surface area contributed by atoms with E-state index in [9.17, 15) is 21.6 Å². The van der Waals surface area contributed by atoms with Crippen LogP contribution in [0.2, 0.25) is 0 Å². The first-order valence-corrected chi connectivity index (χ1v) is 7.74. The predicted molar refractivity (Wildman–Crippen MR) is 70.6 cm³/mol. The summed E-state index contributed by atoms with van der Waals surface area (Å²) in [6.07, 6.45) is -4.39. The van der Waals surface area contributed by atoms with Gasteiger partial charge >= 0.3 is 6.18 Å². The maximum absolute atomic E-state index is 12.3. The molecule has 4 nitrogen and oxygen atoms in total. The zero-order valence-electron chi connectivity index (χ0n) is 11.0. The lowest BCUT2D eigenvalue weighted by Crippen LogP contribution is -2.31. The Labute approximate surface area is 116 Å². The summed E-state index contributed by atoms with van der Waals surface area (Å²) in [5, 5.41) is 2.88. The Morgan fingerprint density at radius 1 is 1.15 bits per heavy atom. The third-order valence-corrected chi connectivity index (χ3v) is 3.90. The fraction of sp³-hybridized carbons (Fsp3) is 0.500. The maximum atomic E-state index is 12.3. The number of benzene rings is 1. The van der Waals surface area contributed by atoms with Crippen molar-refractivity contribution < 1.29 is 21.6 Å². The molecule has 0 aliphatic rings. The molecule has 2 N–H and O–H groups in total. The van der Waals surface area contributed by atoms with Crippen LogP contribution in [0.3, 0.4) is 0 Å². The summed E-state index contributed by atoms with van der Waals surface area (Å²) in [7, 11) is -3.43. The van der Waals surface area contributed by atoms with Gasteiger partial charge in [-0.3, -0.25) is 0 Å². The Hall–Kier alpha value is -1.12. The molecule has 0 bridgehead atoms. The minimum atomic E-state index is -4.39. The van der Waals surface area contributed by atoms with Crippen LogP contribution in [-0.2, 0) is 22.7 Å². The van der Waals surface area contributed by atoms with Gasteiger partial charge in [-0.15, -0.1) is 0 Å². The van der Waals surface area contributed by atoms with Crippen molar-refractivity contribution in [2.45, 2.75) is 19.6 Å². The smallest absolute Gasteiger partial charge is 0.316 e. The van der Waals surface area contributed by atoms with Gasteiger partial charge in [0, 0.05) is 13.1 Å². The van der Waals surface area contributed by atoms with Gasteiger partial charge in [0.05, 0.1) is 11.3 Å².